The van der Waals surface area contributed by atoms with Crippen molar-refractivity contribution in [3.05, 3.63) is 36.4 Å². The van der Waals surface area contributed by atoms with Crippen LogP contribution >= 0.6 is 0 Å². The highest BCUT2D eigenvalue weighted by Gasteiger charge is 2.14. The van der Waals surface area contributed by atoms with Gasteiger partial charge in [0.05, 0.1) is 0 Å². The molecule has 0 aliphatic rings. The van der Waals surface area contributed by atoms with E-state index >= 15 is 0 Å². The SMILES string of the molecule is C=CCOc1c(O)cccc1C(=O)O. The summed E-state index contributed by atoms with van der Waals surface area (Å²) < 4.78 is 5.03. The molecule has 0 atom stereocenters. The van der Waals surface area contributed by atoms with Crippen LogP contribution in [0.2, 0.25) is 0 Å². The van der Waals surface area contributed by atoms with Crippen LogP contribution in [0.25, 0.3) is 0 Å². The minimum atomic E-state index is -1.14. The second kappa shape index (κ2) is 4.32. The molecule has 0 spiro atoms. The largest absolute Gasteiger partial charge is 0.504 e. The third-order valence-electron chi connectivity index (χ3n) is 1.57. The number of phenolic OH excluding ortho intramolecular Hbond substituents is 1. The molecular weight excluding hydrogens is 184 g/mol. The van der Waals surface area contributed by atoms with Crippen LogP contribution in [0.3, 0.4) is 0 Å². The molecular formula is C10H10O4. The van der Waals surface area contributed by atoms with Crippen LogP contribution in [0.4, 0.5) is 0 Å². The Kier molecular flexibility index (Phi) is 3.12. The fraction of sp³-hybridized carbons (Fsp3) is 0.100. The molecule has 0 radical (unpaired) electrons. The number of carboxylic acid groups (broad SMARTS) is 1. The molecule has 1 aromatic rings. The van der Waals surface area contributed by atoms with E-state index in [-0.39, 0.29) is 23.7 Å². The summed E-state index contributed by atoms with van der Waals surface area (Å²) in [5, 5.41) is 18.1. The zero-order chi connectivity index (χ0) is 10.6. The molecule has 74 valence electrons. The van der Waals surface area contributed by atoms with E-state index in [1.54, 1.807) is 0 Å². The van der Waals surface area contributed by atoms with Gasteiger partial charge in [-0.25, -0.2) is 4.79 Å². The van der Waals surface area contributed by atoms with Crippen molar-refractivity contribution in [3.63, 3.8) is 0 Å². The normalized spacial score (nSPS) is 9.43. The van der Waals surface area contributed by atoms with Gasteiger partial charge in [0, 0.05) is 0 Å². The fourth-order valence-electron chi connectivity index (χ4n) is 0.987. The van der Waals surface area contributed by atoms with Crippen LogP contribution in [0, 0.1) is 0 Å². The smallest absolute Gasteiger partial charge is 0.339 e. The number of hydrogen-bond donors (Lipinski definition) is 2. The van der Waals surface area contributed by atoms with Crippen molar-refractivity contribution < 1.29 is 19.7 Å². The van der Waals surface area contributed by atoms with Crippen LogP contribution in [0.1, 0.15) is 10.4 Å². The summed E-state index contributed by atoms with van der Waals surface area (Å²) in [5.74, 6) is -1.35. The molecule has 0 saturated heterocycles. The molecule has 14 heavy (non-hydrogen) atoms. The molecule has 4 nitrogen and oxygen atoms in total. The van der Waals surface area contributed by atoms with E-state index in [0.29, 0.717) is 0 Å². The Bertz CT molecular complexity index is 357. The number of ether oxygens (including phenoxy) is 1. The van der Waals surface area contributed by atoms with Gasteiger partial charge in [-0.15, -0.1) is 0 Å². The first-order valence-electron chi connectivity index (χ1n) is 3.95. The molecule has 0 aliphatic heterocycles. The van der Waals surface area contributed by atoms with E-state index in [1.165, 1.54) is 24.3 Å². The lowest BCUT2D eigenvalue weighted by Crippen LogP contribution is -2.03. The second-order valence-electron chi connectivity index (χ2n) is 2.56. The van der Waals surface area contributed by atoms with E-state index in [2.05, 4.69) is 6.58 Å². The minimum Gasteiger partial charge on any atom is -0.504 e. The van der Waals surface area contributed by atoms with Crippen molar-refractivity contribution in [2.24, 2.45) is 0 Å². The maximum atomic E-state index is 10.7. The number of para-hydroxylation sites is 1. The molecule has 1 rings (SSSR count). The van der Waals surface area contributed by atoms with Crippen LogP contribution in [-0.4, -0.2) is 22.8 Å². The summed E-state index contributed by atoms with van der Waals surface area (Å²) >= 11 is 0. The second-order valence-corrected chi connectivity index (χ2v) is 2.56. The molecule has 0 aromatic heterocycles. The van der Waals surface area contributed by atoms with Gasteiger partial charge in [-0.05, 0) is 12.1 Å². The molecule has 0 bridgehead atoms. The zero-order valence-electron chi connectivity index (χ0n) is 7.43. The van der Waals surface area contributed by atoms with Crippen molar-refractivity contribution in [2.45, 2.75) is 0 Å². The van der Waals surface area contributed by atoms with Gasteiger partial charge in [0.2, 0.25) is 0 Å². The Morgan fingerprint density at radius 3 is 2.86 bits per heavy atom. The van der Waals surface area contributed by atoms with E-state index in [0.717, 1.165) is 0 Å². The summed E-state index contributed by atoms with van der Waals surface area (Å²) in [4.78, 5) is 10.7. The maximum absolute atomic E-state index is 10.7. The van der Waals surface area contributed by atoms with E-state index in [9.17, 15) is 9.90 Å². The van der Waals surface area contributed by atoms with E-state index in [4.69, 9.17) is 9.84 Å². The van der Waals surface area contributed by atoms with Crippen molar-refractivity contribution in [3.8, 4) is 11.5 Å². The van der Waals surface area contributed by atoms with Crippen LogP contribution in [0.5, 0.6) is 11.5 Å². The lowest BCUT2D eigenvalue weighted by atomic mass is 10.2. The highest BCUT2D eigenvalue weighted by molar-refractivity contribution is 5.91. The van der Waals surface area contributed by atoms with Crippen molar-refractivity contribution in [2.75, 3.05) is 6.61 Å². The average Bonchev–Trinajstić information content (AvgIpc) is 2.15. The van der Waals surface area contributed by atoms with Crippen molar-refractivity contribution in [1.82, 2.24) is 0 Å². The molecule has 2 N–H and O–H groups in total. The quantitative estimate of drug-likeness (QED) is 0.715. The lowest BCUT2D eigenvalue weighted by molar-refractivity contribution is 0.0692. The van der Waals surface area contributed by atoms with Crippen LogP contribution < -0.4 is 4.74 Å². The number of aromatic carboxylic acids is 1. The fourth-order valence-corrected chi connectivity index (χ4v) is 0.987. The van der Waals surface area contributed by atoms with Crippen LogP contribution in [0.15, 0.2) is 30.9 Å². The number of rotatable bonds is 4. The van der Waals surface area contributed by atoms with E-state index in [1.807, 2.05) is 0 Å². The number of phenols is 1. The summed E-state index contributed by atoms with van der Waals surface area (Å²) in [7, 11) is 0. The summed E-state index contributed by atoms with van der Waals surface area (Å²) in [5.41, 5.74) is -0.0631. The van der Waals surface area contributed by atoms with Crippen molar-refractivity contribution >= 4 is 5.97 Å². The first-order chi connectivity index (χ1) is 6.66. The third kappa shape index (κ3) is 2.04. The monoisotopic (exact) mass is 194 g/mol. The maximum Gasteiger partial charge on any atom is 0.339 e. The minimum absolute atomic E-state index is 0.0279. The number of hydrogen-bond acceptors (Lipinski definition) is 3. The first kappa shape index (κ1) is 10.1. The van der Waals surface area contributed by atoms with Gasteiger partial charge in [0.15, 0.2) is 11.5 Å². The number of carbonyl (C=O) groups is 1. The lowest BCUT2D eigenvalue weighted by Gasteiger charge is -2.08. The Labute approximate surface area is 81.1 Å². The number of aromatic hydroxyl groups is 1. The predicted octanol–water partition coefficient (Wildman–Crippen LogP) is 1.66. The standard InChI is InChI=1S/C10H10O4/c1-2-6-14-9-7(10(12)13)4-3-5-8(9)11/h2-5,11H,1,6H2,(H,12,13). The number of carboxylic acids is 1. The molecule has 0 saturated carbocycles. The topological polar surface area (TPSA) is 66.8 Å². The highest BCUT2D eigenvalue weighted by atomic mass is 16.5. The van der Waals surface area contributed by atoms with E-state index < -0.39 is 5.97 Å². The first-order valence-corrected chi connectivity index (χ1v) is 3.95. The number of benzene rings is 1. The van der Waals surface area contributed by atoms with Crippen molar-refractivity contribution in [1.29, 1.82) is 0 Å². The molecule has 4 heteroatoms. The third-order valence-corrected chi connectivity index (χ3v) is 1.57. The van der Waals surface area contributed by atoms with Gasteiger partial charge in [-0.2, -0.15) is 0 Å². The van der Waals surface area contributed by atoms with Gasteiger partial charge in [0.25, 0.3) is 0 Å². The Balaban J connectivity index is 3.08. The molecule has 0 amide bonds. The molecule has 0 fully saturated rings. The zero-order valence-corrected chi connectivity index (χ0v) is 7.43. The van der Waals surface area contributed by atoms with Gasteiger partial charge < -0.3 is 14.9 Å². The van der Waals surface area contributed by atoms with Gasteiger partial charge in [-0.1, -0.05) is 18.7 Å². The summed E-state index contributed by atoms with van der Waals surface area (Å²) in [6, 6.07) is 4.17. The summed E-state index contributed by atoms with van der Waals surface area (Å²) in [6.07, 6.45) is 1.47. The molecule has 0 aliphatic carbocycles. The molecule has 0 heterocycles. The Morgan fingerprint density at radius 2 is 2.29 bits per heavy atom. The highest BCUT2D eigenvalue weighted by Crippen LogP contribution is 2.29. The predicted molar refractivity (Wildman–Crippen MR) is 50.8 cm³/mol. The Hall–Kier alpha value is -1.97. The van der Waals surface area contributed by atoms with Gasteiger partial charge in [-0.3, -0.25) is 0 Å². The molecule has 1 aromatic carbocycles. The average molecular weight is 194 g/mol. The van der Waals surface area contributed by atoms with Crippen LogP contribution in [-0.2, 0) is 0 Å². The van der Waals surface area contributed by atoms with Gasteiger partial charge >= 0.3 is 5.97 Å². The summed E-state index contributed by atoms with van der Waals surface area (Å²) in [6.45, 7) is 3.58. The molecule has 0 unspecified atom stereocenters. The van der Waals surface area contributed by atoms with Gasteiger partial charge in [0.1, 0.15) is 12.2 Å². The Morgan fingerprint density at radius 1 is 1.57 bits per heavy atom.